The van der Waals surface area contributed by atoms with Crippen LogP contribution >= 0.6 is 0 Å². The highest BCUT2D eigenvalue weighted by molar-refractivity contribution is 5.73. The largest absolute Gasteiger partial charge is 0.508 e. The Labute approximate surface area is 149 Å². The fraction of sp³-hybridized carbons (Fsp3) is 0.667. The van der Waals surface area contributed by atoms with Gasteiger partial charge in [0.25, 0.3) is 0 Å². The summed E-state index contributed by atoms with van der Waals surface area (Å²) in [5.41, 5.74) is 8.29. The van der Waals surface area contributed by atoms with E-state index in [1.54, 1.807) is 0 Å². The molecule has 3 aliphatic rings. The molecule has 25 heavy (non-hydrogen) atoms. The summed E-state index contributed by atoms with van der Waals surface area (Å²) < 4.78 is 6.12. The third-order valence-electron chi connectivity index (χ3n) is 7.29. The first-order valence-corrected chi connectivity index (χ1v) is 9.71. The van der Waals surface area contributed by atoms with Crippen molar-refractivity contribution in [2.24, 2.45) is 23.0 Å². The molecule has 136 valence electrons. The summed E-state index contributed by atoms with van der Waals surface area (Å²) in [6, 6.07) is 5.96. The van der Waals surface area contributed by atoms with Gasteiger partial charge < -0.3 is 15.6 Å². The van der Waals surface area contributed by atoms with Crippen LogP contribution in [-0.4, -0.2) is 23.7 Å². The fourth-order valence-electron chi connectivity index (χ4n) is 6.10. The average Bonchev–Trinajstić information content (AvgIpc) is 2.91. The minimum absolute atomic E-state index is 0.229. The van der Waals surface area contributed by atoms with E-state index >= 15 is 0 Å². The van der Waals surface area contributed by atoms with Gasteiger partial charge in [0, 0.05) is 6.42 Å². The number of fused-ring (bicyclic) bond motifs is 5. The number of benzene rings is 1. The van der Waals surface area contributed by atoms with Crippen LogP contribution in [0.1, 0.15) is 62.5 Å². The van der Waals surface area contributed by atoms with Crippen LogP contribution in [0.5, 0.6) is 5.75 Å². The number of primary amides is 1. The Morgan fingerprint density at radius 2 is 2.16 bits per heavy atom. The third kappa shape index (κ3) is 2.84. The van der Waals surface area contributed by atoms with Crippen LogP contribution < -0.4 is 5.73 Å². The average molecular weight is 343 g/mol. The smallest absolute Gasteiger partial charge is 0.219 e. The van der Waals surface area contributed by atoms with E-state index in [1.165, 1.54) is 36.8 Å². The van der Waals surface area contributed by atoms with E-state index in [1.807, 2.05) is 12.1 Å². The minimum Gasteiger partial charge on any atom is -0.508 e. The Bertz CT molecular complexity index is 673. The summed E-state index contributed by atoms with van der Waals surface area (Å²) in [4.78, 5) is 11.0. The quantitative estimate of drug-likeness (QED) is 0.879. The van der Waals surface area contributed by atoms with Gasteiger partial charge in [0.15, 0.2) is 0 Å². The lowest BCUT2D eigenvalue weighted by Gasteiger charge is -2.50. The monoisotopic (exact) mass is 343 g/mol. The number of carbonyl (C=O) groups excluding carboxylic acids is 1. The molecule has 1 aromatic carbocycles. The molecule has 0 radical (unpaired) electrons. The number of hydrogen-bond acceptors (Lipinski definition) is 3. The second kappa shape index (κ2) is 6.31. The van der Waals surface area contributed by atoms with Gasteiger partial charge in [-0.2, -0.15) is 0 Å². The van der Waals surface area contributed by atoms with Crippen LogP contribution in [0, 0.1) is 17.3 Å². The van der Waals surface area contributed by atoms with Gasteiger partial charge in [0.1, 0.15) is 5.75 Å². The van der Waals surface area contributed by atoms with Gasteiger partial charge in [-0.05, 0) is 85.0 Å². The van der Waals surface area contributed by atoms with E-state index in [-0.39, 0.29) is 17.4 Å². The third-order valence-corrected chi connectivity index (χ3v) is 7.29. The molecule has 5 atom stereocenters. The molecule has 3 N–H and O–H groups in total. The standard InChI is InChI=1S/C21H29NO3/c1-21-10-8-16-15-5-3-14(23)12-13(15)2-4-17(16)18(21)6-7-19(21)25-11-9-20(22)24/h3,5,12,16-19,23H,2,4,6-11H2,1H3,(H2,22,24). The number of rotatable bonds is 4. The van der Waals surface area contributed by atoms with Gasteiger partial charge in [0.2, 0.25) is 5.91 Å². The van der Waals surface area contributed by atoms with Crippen LogP contribution in [-0.2, 0) is 16.0 Å². The Morgan fingerprint density at radius 1 is 1.32 bits per heavy atom. The van der Waals surface area contributed by atoms with Crippen LogP contribution in [0.15, 0.2) is 18.2 Å². The van der Waals surface area contributed by atoms with Crippen LogP contribution in [0.3, 0.4) is 0 Å². The molecule has 0 heterocycles. The molecule has 3 aliphatic carbocycles. The van der Waals surface area contributed by atoms with Crippen molar-refractivity contribution in [1.29, 1.82) is 0 Å². The van der Waals surface area contributed by atoms with Crippen molar-refractivity contribution in [3.05, 3.63) is 29.3 Å². The van der Waals surface area contributed by atoms with Gasteiger partial charge in [-0.15, -0.1) is 0 Å². The molecule has 4 nitrogen and oxygen atoms in total. The summed E-state index contributed by atoms with van der Waals surface area (Å²) >= 11 is 0. The van der Waals surface area contributed by atoms with Crippen molar-refractivity contribution < 1.29 is 14.6 Å². The molecule has 0 bridgehead atoms. The molecule has 0 spiro atoms. The molecular weight excluding hydrogens is 314 g/mol. The Kier molecular flexibility index (Phi) is 4.27. The molecule has 4 rings (SSSR count). The van der Waals surface area contributed by atoms with E-state index in [9.17, 15) is 9.90 Å². The van der Waals surface area contributed by atoms with Crippen molar-refractivity contribution in [1.82, 2.24) is 0 Å². The van der Waals surface area contributed by atoms with Crippen molar-refractivity contribution in [2.45, 2.75) is 63.9 Å². The van der Waals surface area contributed by atoms with Gasteiger partial charge in [-0.3, -0.25) is 4.79 Å². The molecule has 2 saturated carbocycles. The van der Waals surface area contributed by atoms with Crippen molar-refractivity contribution in [3.63, 3.8) is 0 Å². The summed E-state index contributed by atoms with van der Waals surface area (Å²) in [5, 5.41) is 9.78. The van der Waals surface area contributed by atoms with Crippen molar-refractivity contribution in [3.8, 4) is 5.75 Å². The van der Waals surface area contributed by atoms with Crippen molar-refractivity contribution in [2.75, 3.05) is 6.61 Å². The highest BCUT2D eigenvalue weighted by atomic mass is 16.5. The number of ether oxygens (including phenoxy) is 1. The van der Waals surface area contributed by atoms with Crippen LogP contribution in [0.4, 0.5) is 0 Å². The van der Waals surface area contributed by atoms with Gasteiger partial charge in [-0.1, -0.05) is 13.0 Å². The lowest BCUT2D eigenvalue weighted by molar-refractivity contribution is -0.121. The van der Waals surface area contributed by atoms with E-state index in [0.717, 1.165) is 18.8 Å². The predicted molar refractivity (Wildman–Crippen MR) is 96.3 cm³/mol. The fourth-order valence-corrected chi connectivity index (χ4v) is 6.10. The molecule has 0 aromatic heterocycles. The van der Waals surface area contributed by atoms with Gasteiger partial charge >= 0.3 is 0 Å². The number of phenolic OH excluding ortho intramolecular Hbond substituents is 1. The number of amides is 1. The zero-order valence-corrected chi connectivity index (χ0v) is 15.0. The van der Waals surface area contributed by atoms with E-state index < -0.39 is 0 Å². The lowest BCUT2D eigenvalue weighted by atomic mass is 9.55. The topological polar surface area (TPSA) is 72.6 Å². The predicted octanol–water partition coefficient (Wildman–Crippen LogP) is 3.51. The molecule has 2 fully saturated rings. The lowest BCUT2D eigenvalue weighted by Crippen LogP contribution is -2.44. The van der Waals surface area contributed by atoms with E-state index in [4.69, 9.17) is 10.5 Å². The summed E-state index contributed by atoms with van der Waals surface area (Å²) in [6.45, 7) is 2.86. The maximum Gasteiger partial charge on any atom is 0.219 e. The number of aryl methyl sites for hydroxylation is 1. The molecule has 0 saturated heterocycles. The number of aromatic hydroxyl groups is 1. The second-order valence-corrected chi connectivity index (χ2v) is 8.50. The Balaban J connectivity index is 1.52. The number of carbonyl (C=O) groups is 1. The first-order chi connectivity index (χ1) is 12.0. The summed E-state index contributed by atoms with van der Waals surface area (Å²) in [6.07, 6.45) is 7.59. The first kappa shape index (κ1) is 16.9. The molecular formula is C21H29NO3. The highest BCUT2D eigenvalue weighted by Crippen LogP contribution is 2.61. The summed E-state index contributed by atoms with van der Waals surface area (Å²) in [7, 11) is 0. The van der Waals surface area contributed by atoms with Crippen LogP contribution in [0.2, 0.25) is 0 Å². The van der Waals surface area contributed by atoms with E-state index in [0.29, 0.717) is 30.6 Å². The molecule has 1 amide bonds. The Hall–Kier alpha value is -1.55. The minimum atomic E-state index is -0.282. The summed E-state index contributed by atoms with van der Waals surface area (Å²) in [5.74, 6) is 2.16. The maximum atomic E-state index is 11.0. The Morgan fingerprint density at radius 3 is 2.96 bits per heavy atom. The van der Waals surface area contributed by atoms with Gasteiger partial charge in [-0.25, -0.2) is 0 Å². The first-order valence-electron chi connectivity index (χ1n) is 9.71. The molecule has 5 unspecified atom stereocenters. The molecule has 1 aromatic rings. The number of phenols is 1. The second-order valence-electron chi connectivity index (χ2n) is 8.50. The maximum absolute atomic E-state index is 11.0. The zero-order valence-electron chi connectivity index (χ0n) is 15.0. The van der Waals surface area contributed by atoms with Gasteiger partial charge in [0.05, 0.1) is 12.7 Å². The number of hydrogen-bond donors (Lipinski definition) is 2. The van der Waals surface area contributed by atoms with Crippen LogP contribution in [0.25, 0.3) is 0 Å². The number of nitrogens with two attached hydrogens (primary N) is 1. The van der Waals surface area contributed by atoms with Crippen molar-refractivity contribution >= 4 is 5.91 Å². The normalized spacial score (nSPS) is 36.4. The molecule has 4 heteroatoms. The zero-order chi connectivity index (χ0) is 17.6. The molecule has 0 aliphatic heterocycles. The highest BCUT2D eigenvalue weighted by Gasteiger charge is 2.55. The van der Waals surface area contributed by atoms with E-state index in [2.05, 4.69) is 13.0 Å². The SMILES string of the molecule is CC12CCC3c4ccc(O)cc4CCC3C1CCC2OCCC(N)=O.